The lowest BCUT2D eigenvalue weighted by atomic mass is 10.7. The Bertz CT molecular complexity index is 436. The van der Waals surface area contributed by atoms with Crippen LogP contribution in [0.5, 0.6) is 0 Å². The van der Waals surface area contributed by atoms with Gasteiger partial charge in [0.05, 0.1) is 17.9 Å². The van der Waals surface area contributed by atoms with Crippen LogP contribution in [0.4, 0.5) is 0 Å². The molecule has 1 heterocycles. The molecular weight excluding hydrogens is 224 g/mol. The fourth-order valence-electron chi connectivity index (χ4n) is 0.768. The molecule has 1 aromatic heterocycles. The van der Waals surface area contributed by atoms with E-state index in [0.29, 0.717) is 0 Å². The minimum Gasteiger partial charge on any atom is -0.392 e. The van der Waals surface area contributed by atoms with Crippen molar-refractivity contribution in [2.24, 2.45) is 12.8 Å². The van der Waals surface area contributed by atoms with Crippen molar-refractivity contribution in [1.82, 2.24) is 14.3 Å². The molecule has 3 N–H and O–H groups in total. The third kappa shape index (κ3) is 2.76. The first-order valence-electron chi connectivity index (χ1n) is 3.68. The maximum atomic E-state index is 11.4. The lowest BCUT2D eigenvalue weighted by Crippen LogP contribution is -2.32. The Hall–Kier alpha value is -0.990. The van der Waals surface area contributed by atoms with Gasteiger partial charge in [-0.25, -0.2) is 18.1 Å². The zero-order valence-electron chi connectivity index (χ0n) is 7.47. The Balaban J connectivity index is 2.81. The van der Waals surface area contributed by atoms with Gasteiger partial charge in [0.15, 0.2) is 5.03 Å². The second-order valence-corrected chi connectivity index (χ2v) is 4.91. The fraction of sp³-hybridized carbons (Fsp3) is 0.333. The summed E-state index contributed by atoms with van der Waals surface area (Å²) in [6.07, 6.45) is 2.79. The molecule has 1 rings (SSSR count). The number of hydrogen-bond acceptors (Lipinski definition) is 4. The molecule has 0 fully saturated rings. The Morgan fingerprint density at radius 2 is 2.43 bits per heavy atom. The Morgan fingerprint density at radius 3 is 2.86 bits per heavy atom. The van der Waals surface area contributed by atoms with Gasteiger partial charge < -0.3 is 10.3 Å². The predicted octanol–water partition coefficient (Wildman–Crippen LogP) is -1.02. The Morgan fingerprint density at radius 1 is 1.79 bits per heavy atom. The van der Waals surface area contributed by atoms with Crippen molar-refractivity contribution in [3.05, 3.63) is 12.5 Å². The molecular formula is C6H10N4O2S2. The van der Waals surface area contributed by atoms with E-state index in [1.165, 1.54) is 17.1 Å². The number of hydrogen-bond donors (Lipinski definition) is 2. The summed E-state index contributed by atoms with van der Waals surface area (Å²) in [5.74, 6) is 0. The van der Waals surface area contributed by atoms with Crippen molar-refractivity contribution in [3.8, 4) is 0 Å². The van der Waals surface area contributed by atoms with Crippen molar-refractivity contribution >= 4 is 27.2 Å². The topological polar surface area (TPSA) is 90.0 Å². The minimum atomic E-state index is -3.58. The molecule has 0 atom stereocenters. The normalized spacial score (nSPS) is 11.5. The molecule has 0 aromatic carbocycles. The van der Waals surface area contributed by atoms with Crippen molar-refractivity contribution in [3.63, 3.8) is 0 Å². The third-order valence-electron chi connectivity index (χ3n) is 1.39. The summed E-state index contributed by atoms with van der Waals surface area (Å²) in [5, 5.41) is -0.0451. The average Bonchev–Trinajstić information content (AvgIpc) is 2.49. The van der Waals surface area contributed by atoms with E-state index < -0.39 is 10.0 Å². The van der Waals surface area contributed by atoms with E-state index in [-0.39, 0.29) is 16.6 Å². The second-order valence-electron chi connectivity index (χ2n) is 2.67. The van der Waals surface area contributed by atoms with E-state index in [1.807, 2.05) is 0 Å². The van der Waals surface area contributed by atoms with Gasteiger partial charge in [-0.1, -0.05) is 12.2 Å². The van der Waals surface area contributed by atoms with Gasteiger partial charge in [-0.3, -0.25) is 0 Å². The summed E-state index contributed by atoms with van der Waals surface area (Å²) in [6, 6.07) is 0. The molecule has 14 heavy (non-hydrogen) atoms. The van der Waals surface area contributed by atoms with Crippen LogP contribution in [0.15, 0.2) is 17.6 Å². The number of nitrogens with two attached hydrogens (primary N) is 1. The summed E-state index contributed by atoms with van der Waals surface area (Å²) in [6.45, 7) is -0.0613. The Labute approximate surface area is 87.2 Å². The molecule has 0 spiro atoms. The van der Waals surface area contributed by atoms with Crippen LogP contribution < -0.4 is 10.5 Å². The number of nitrogens with zero attached hydrogens (tertiary/aromatic N) is 2. The van der Waals surface area contributed by atoms with Crippen LogP contribution in [0.25, 0.3) is 0 Å². The summed E-state index contributed by atoms with van der Waals surface area (Å²) in [7, 11) is -1.90. The number of sulfonamides is 1. The first-order valence-corrected chi connectivity index (χ1v) is 5.57. The predicted molar refractivity (Wildman–Crippen MR) is 55.2 cm³/mol. The van der Waals surface area contributed by atoms with Gasteiger partial charge in [-0.2, -0.15) is 0 Å². The van der Waals surface area contributed by atoms with Crippen LogP contribution in [0.1, 0.15) is 0 Å². The zero-order chi connectivity index (χ0) is 10.8. The highest BCUT2D eigenvalue weighted by Crippen LogP contribution is 2.02. The summed E-state index contributed by atoms with van der Waals surface area (Å²) < 4.78 is 26.7. The standard InChI is InChI=1S/C6H10N4O2S2/c1-10-3-6(8-4-10)14(11,12)9-2-5(7)13/h3-4,9H,2H2,1H3,(H2,7,13). The number of imidazole rings is 1. The SMILES string of the molecule is Cn1cnc(S(=O)(=O)NCC(N)=S)c1. The average molecular weight is 234 g/mol. The molecule has 78 valence electrons. The number of rotatable bonds is 4. The Kier molecular flexibility index (Phi) is 3.19. The first-order chi connectivity index (χ1) is 6.42. The van der Waals surface area contributed by atoms with E-state index in [4.69, 9.17) is 5.73 Å². The summed E-state index contributed by atoms with van der Waals surface area (Å²) in [5.41, 5.74) is 5.16. The van der Waals surface area contributed by atoms with Crippen molar-refractivity contribution < 1.29 is 8.42 Å². The lowest BCUT2D eigenvalue weighted by Gasteiger charge is -2.01. The molecule has 0 unspecified atom stereocenters. The van der Waals surface area contributed by atoms with E-state index in [1.54, 1.807) is 7.05 Å². The van der Waals surface area contributed by atoms with Gasteiger partial charge in [0.25, 0.3) is 10.0 Å². The van der Waals surface area contributed by atoms with Crippen LogP contribution in [-0.4, -0.2) is 29.5 Å². The molecule has 8 heteroatoms. The molecule has 0 saturated heterocycles. The van der Waals surface area contributed by atoms with Crippen LogP contribution in [0, 0.1) is 0 Å². The van der Waals surface area contributed by atoms with E-state index in [0.717, 1.165) is 0 Å². The van der Waals surface area contributed by atoms with Crippen molar-refractivity contribution in [1.29, 1.82) is 0 Å². The lowest BCUT2D eigenvalue weighted by molar-refractivity contribution is 0.583. The van der Waals surface area contributed by atoms with Crippen molar-refractivity contribution in [2.75, 3.05) is 6.54 Å². The third-order valence-corrected chi connectivity index (χ3v) is 2.82. The maximum Gasteiger partial charge on any atom is 0.259 e. The van der Waals surface area contributed by atoms with Crippen LogP contribution >= 0.6 is 12.2 Å². The second kappa shape index (κ2) is 4.03. The molecule has 6 nitrogen and oxygen atoms in total. The van der Waals surface area contributed by atoms with Crippen molar-refractivity contribution in [2.45, 2.75) is 5.03 Å². The number of nitrogens with one attached hydrogen (secondary N) is 1. The number of thiocarbonyl (C=S) groups is 1. The zero-order valence-corrected chi connectivity index (χ0v) is 9.10. The van der Waals surface area contributed by atoms with E-state index >= 15 is 0 Å². The number of aromatic nitrogens is 2. The first kappa shape index (κ1) is 11.1. The minimum absolute atomic E-state index is 0.0451. The van der Waals surface area contributed by atoms with Crippen LogP contribution in [0.2, 0.25) is 0 Å². The van der Waals surface area contributed by atoms with Crippen LogP contribution in [0.3, 0.4) is 0 Å². The number of aryl methyl sites for hydroxylation is 1. The van der Waals surface area contributed by atoms with Gasteiger partial charge >= 0.3 is 0 Å². The molecule has 0 amide bonds. The highest BCUT2D eigenvalue weighted by molar-refractivity contribution is 7.89. The van der Waals surface area contributed by atoms with Gasteiger partial charge in [0, 0.05) is 13.2 Å². The van der Waals surface area contributed by atoms with Crippen LogP contribution in [-0.2, 0) is 17.1 Å². The van der Waals surface area contributed by atoms with E-state index in [9.17, 15) is 8.42 Å². The van der Waals surface area contributed by atoms with Gasteiger partial charge in [-0.15, -0.1) is 0 Å². The quantitative estimate of drug-likeness (QED) is 0.651. The fourth-order valence-corrected chi connectivity index (χ4v) is 1.92. The largest absolute Gasteiger partial charge is 0.392 e. The van der Waals surface area contributed by atoms with Gasteiger partial charge in [0.2, 0.25) is 0 Å². The molecule has 0 saturated carbocycles. The molecule has 0 aliphatic rings. The molecule has 0 bridgehead atoms. The van der Waals surface area contributed by atoms with Gasteiger partial charge in [-0.05, 0) is 0 Å². The summed E-state index contributed by atoms with van der Waals surface area (Å²) >= 11 is 4.54. The highest BCUT2D eigenvalue weighted by atomic mass is 32.2. The van der Waals surface area contributed by atoms with Gasteiger partial charge in [0.1, 0.15) is 0 Å². The highest BCUT2D eigenvalue weighted by Gasteiger charge is 2.16. The molecule has 0 aliphatic carbocycles. The molecule has 0 radical (unpaired) electrons. The monoisotopic (exact) mass is 234 g/mol. The maximum absolute atomic E-state index is 11.4. The molecule has 1 aromatic rings. The molecule has 0 aliphatic heterocycles. The smallest absolute Gasteiger partial charge is 0.259 e. The summed E-state index contributed by atoms with van der Waals surface area (Å²) in [4.78, 5) is 3.78. The van der Waals surface area contributed by atoms with E-state index in [2.05, 4.69) is 21.9 Å².